The molecule has 2 aliphatic rings. The van der Waals surface area contributed by atoms with Crippen LogP contribution in [0.25, 0.3) is 21.9 Å². The van der Waals surface area contributed by atoms with E-state index in [1.165, 1.54) is 38.5 Å². The molecule has 0 unspecified atom stereocenters. The third-order valence-corrected chi connectivity index (χ3v) is 7.32. The first kappa shape index (κ1) is 20.4. The maximum Gasteiger partial charge on any atom is 0.255 e. The zero-order chi connectivity index (χ0) is 22.4. The Bertz CT molecular complexity index is 1320. The van der Waals surface area contributed by atoms with Crippen molar-refractivity contribution in [2.75, 3.05) is 11.9 Å². The maximum atomic E-state index is 13.0. The number of fused-ring (bicyclic) bond motifs is 2. The third-order valence-electron chi connectivity index (χ3n) is 7.32. The number of rotatable bonds is 5. The van der Waals surface area contributed by atoms with Gasteiger partial charge in [0, 0.05) is 28.9 Å². The second-order valence-corrected chi connectivity index (χ2v) is 9.65. The monoisotopic (exact) mass is 442 g/mol. The van der Waals surface area contributed by atoms with Gasteiger partial charge in [-0.1, -0.05) is 12.8 Å². The maximum absolute atomic E-state index is 13.0. The first-order valence-corrected chi connectivity index (χ1v) is 12.2. The molecule has 0 radical (unpaired) electrons. The van der Waals surface area contributed by atoms with Crippen LogP contribution in [0.15, 0.2) is 42.6 Å². The van der Waals surface area contributed by atoms with Gasteiger partial charge in [-0.05, 0) is 75.5 Å². The minimum Gasteiger partial charge on any atom is -0.341 e. The fourth-order valence-corrected chi connectivity index (χ4v) is 5.38. The van der Waals surface area contributed by atoms with Crippen LogP contribution in [-0.4, -0.2) is 43.1 Å². The van der Waals surface area contributed by atoms with Crippen LogP contribution in [-0.2, 0) is 6.54 Å². The second kappa shape index (κ2) is 8.30. The highest BCUT2D eigenvalue weighted by Gasteiger charge is 2.21. The molecule has 0 spiro atoms. The molecule has 1 aliphatic heterocycles. The number of likely N-dealkylation sites (tertiary alicyclic amines) is 1. The van der Waals surface area contributed by atoms with E-state index in [1.54, 1.807) is 0 Å². The molecule has 2 aromatic carbocycles. The number of amides is 1. The Hall–Kier alpha value is -3.19. The number of hydrogen-bond acceptors (Lipinski definition) is 4. The van der Waals surface area contributed by atoms with Gasteiger partial charge in [-0.2, -0.15) is 5.10 Å². The summed E-state index contributed by atoms with van der Waals surface area (Å²) in [6, 6.07) is 12.7. The van der Waals surface area contributed by atoms with Crippen molar-refractivity contribution < 1.29 is 4.79 Å². The highest BCUT2D eigenvalue weighted by molar-refractivity contribution is 6.06. The highest BCUT2D eigenvalue weighted by Crippen LogP contribution is 2.30. The number of anilines is 1. The molecule has 1 aliphatic carbocycles. The summed E-state index contributed by atoms with van der Waals surface area (Å²) in [5.74, 6) is 0.863. The quantitative estimate of drug-likeness (QED) is 0.442. The van der Waals surface area contributed by atoms with Gasteiger partial charge in [0.05, 0.1) is 29.1 Å². The van der Waals surface area contributed by atoms with Gasteiger partial charge in [0.15, 0.2) is 0 Å². The van der Waals surface area contributed by atoms with E-state index in [9.17, 15) is 4.79 Å². The molecular formula is C26H30N6O. The summed E-state index contributed by atoms with van der Waals surface area (Å²) in [5, 5.41) is 8.78. The van der Waals surface area contributed by atoms with Crippen LogP contribution in [0, 0.1) is 0 Å². The number of nitrogens with one attached hydrogen (secondary N) is 2. The van der Waals surface area contributed by atoms with E-state index < -0.39 is 0 Å². The molecule has 1 amide bonds. The molecule has 2 aromatic heterocycles. The Morgan fingerprint density at radius 2 is 1.94 bits per heavy atom. The number of imidazole rings is 1. The summed E-state index contributed by atoms with van der Waals surface area (Å²) >= 11 is 0. The van der Waals surface area contributed by atoms with E-state index in [1.807, 2.05) is 36.4 Å². The standard InChI is InChI=1S/C26H30N6O/c1-17-5-4-12-31(17)16-25-28-23-11-9-20(14-24(23)29-25)27-26(33)18-8-10-22-19(13-18)15-32(30-22)21-6-2-3-7-21/h8-11,13-15,17,21H,2-7,12,16H2,1H3,(H,27,33)(H,28,29)/t17-/m0/s1. The smallest absolute Gasteiger partial charge is 0.255 e. The van der Waals surface area contributed by atoms with Crippen LogP contribution in [0.5, 0.6) is 0 Å². The van der Waals surface area contributed by atoms with E-state index in [2.05, 4.69) is 33.0 Å². The predicted octanol–water partition coefficient (Wildman–Crippen LogP) is 5.26. The van der Waals surface area contributed by atoms with E-state index in [-0.39, 0.29) is 5.91 Å². The van der Waals surface area contributed by atoms with Gasteiger partial charge in [-0.25, -0.2) is 4.98 Å². The summed E-state index contributed by atoms with van der Waals surface area (Å²) < 4.78 is 2.09. The second-order valence-electron chi connectivity index (χ2n) is 9.65. The number of benzene rings is 2. The highest BCUT2D eigenvalue weighted by atomic mass is 16.1. The fraction of sp³-hybridized carbons (Fsp3) is 0.423. The lowest BCUT2D eigenvalue weighted by Crippen LogP contribution is -2.26. The average molecular weight is 443 g/mol. The van der Waals surface area contributed by atoms with E-state index >= 15 is 0 Å². The number of carbonyl (C=O) groups is 1. The third kappa shape index (κ3) is 4.02. The molecule has 6 rings (SSSR count). The molecule has 1 saturated heterocycles. The number of nitrogens with zero attached hydrogens (tertiary/aromatic N) is 4. The van der Waals surface area contributed by atoms with Crippen LogP contribution in [0.2, 0.25) is 0 Å². The molecule has 7 nitrogen and oxygen atoms in total. The van der Waals surface area contributed by atoms with Gasteiger partial charge in [0.25, 0.3) is 5.91 Å². The molecule has 0 bridgehead atoms. The normalized spacial score (nSPS) is 19.7. The van der Waals surface area contributed by atoms with Crippen molar-refractivity contribution in [3.05, 3.63) is 54.0 Å². The van der Waals surface area contributed by atoms with Crippen molar-refractivity contribution in [3.8, 4) is 0 Å². The van der Waals surface area contributed by atoms with E-state index in [0.29, 0.717) is 17.6 Å². The predicted molar refractivity (Wildman–Crippen MR) is 130 cm³/mol. The Morgan fingerprint density at radius 1 is 1.09 bits per heavy atom. The van der Waals surface area contributed by atoms with Gasteiger partial charge in [-0.15, -0.1) is 0 Å². The molecule has 3 heterocycles. The largest absolute Gasteiger partial charge is 0.341 e. The minimum absolute atomic E-state index is 0.115. The lowest BCUT2D eigenvalue weighted by Gasteiger charge is -2.19. The molecule has 2 N–H and O–H groups in total. The van der Waals surface area contributed by atoms with Gasteiger partial charge >= 0.3 is 0 Å². The van der Waals surface area contributed by atoms with Crippen molar-refractivity contribution in [1.29, 1.82) is 0 Å². The molecular weight excluding hydrogens is 412 g/mol. The Balaban J connectivity index is 1.18. The fourth-order valence-electron chi connectivity index (χ4n) is 5.38. The van der Waals surface area contributed by atoms with Gasteiger partial charge in [0.1, 0.15) is 5.82 Å². The zero-order valence-electron chi connectivity index (χ0n) is 19.1. The molecule has 1 atom stereocenters. The summed E-state index contributed by atoms with van der Waals surface area (Å²) in [6.07, 6.45) is 9.52. The van der Waals surface area contributed by atoms with Gasteiger partial charge in [0.2, 0.25) is 0 Å². The Kier molecular flexibility index (Phi) is 5.14. The number of aromatic amines is 1. The van der Waals surface area contributed by atoms with Gasteiger partial charge < -0.3 is 10.3 Å². The molecule has 170 valence electrons. The summed E-state index contributed by atoms with van der Waals surface area (Å²) in [7, 11) is 0. The Morgan fingerprint density at radius 3 is 2.76 bits per heavy atom. The Labute approximate surface area is 193 Å². The molecule has 33 heavy (non-hydrogen) atoms. The van der Waals surface area contributed by atoms with Crippen LogP contribution < -0.4 is 5.32 Å². The minimum atomic E-state index is -0.115. The number of hydrogen-bond donors (Lipinski definition) is 2. The van der Waals surface area contributed by atoms with Crippen molar-refractivity contribution in [1.82, 2.24) is 24.6 Å². The lowest BCUT2D eigenvalue weighted by molar-refractivity contribution is 0.102. The van der Waals surface area contributed by atoms with Crippen LogP contribution in [0.3, 0.4) is 0 Å². The summed E-state index contributed by atoms with van der Waals surface area (Å²) in [4.78, 5) is 23.6. The van der Waals surface area contributed by atoms with Crippen molar-refractivity contribution in [2.45, 2.75) is 64.1 Å². The molecule has 1 saturated carbocycles. The molecule has 2 fully saturated rings. The first-order valence-electron chi connectivity index (χ1n) is 12.2. The summed E-state index contributed by atoms with van der Waals surface area (Å²) in [5.41, 5.74) is 4.22. The SMILES string of the molecule is C[C@H]1CCCN1Cc1nc2ccc(NC(=O)c3ccc4nn(C5CCCC5)cc4c3)cc2[nH]1. The lowest BCUT2D eigenvalue weighted by atomic mass is 10.1. The first-order chi connectivity index (χ1) is 16.1. The van der Waals surface area contributed by atoms with Crippen LogP contribution in [0.1, 0.15) is 67.7 Å². The zero-order valence-corrected chi connectivity index (χ0v) is 19.1. The van der Waals surface area contributed by atoms with Crippen molar-refractivity contribution in [3.63, 3.8) is 0 Å². The number of H-pyrrole nitrogens is 1. The average Bonchev–Trinajstić information content (AvgIpc) is 3.60. The van der Waals surface area contributed by atoms with E-state index in [0.717, 1.165) is 46.5 Å². The molecule has 7 heteroatoms. The van der Waals surface area contributed by atoms with Crippen molar-refractivity contribution >= 4 is 33.5 Å². The number of carbonyl (C=O) groups excluding carboxylic acids is 1. The molecule has 4 aromatic rings. The van der Waals surface area contributed by atoms with Crippen molar-refractivity contribution in [2.24, 2.45) is 0 Å². The number of aromatic nitrogens is 4. The van der Waals surface area contributed by atoms with Crippen LogP contribution >= 0.6 is 0 Å². The topological polar surface area (TPSA) is 78.8 Å². The van der Waals surface area contributed by atoms with E-state index in [4.69, 9.17) is 10.1 Å². The summed E-state index contributed by atoms with van der Waals surface area (Å²) in [6.45, 7) is 4.25. The van der Waals surface area contributed by atoms with Crippen LogP contribution in [0.4, 0.5) is 5.69 Å². The van der Waals surface area contributed by atoms with Gasteiger partial charge in [-0.3, -0.25) is 14.4 Å².